The normalized spacial score (nSPS) is 15.8. The van der Waals surface area contributed by atoms with Crippen LogP contribution in [-0.2, 0) is 0 Å². The third-order valence-corrected chi connectivity index (χ3v) is 3.17. The maximum Gasteiger partial charge on any atom is 0.435 e. The van der Waals surface area contributed by atoms with Gasteiger partial charge in [0, 0.05) is 5.57 Å². The molecule has 0 saturated heterocycles. The van der Waals surface area contributed by atoms with Crippen LogP contribution in [0.4, 0.5) is 13.2 Å². The van der Waals surface area contributed by atoms with Crippen LogP contribution in [0.25, 0.3) is 5.57 Å². The number of rotatable bonds is 1. The van der Waals surface area contributed by atoms with Crippen molar-refractivity contribution in [1.29, 1.82) is 0 Å². The zero-order chi connectivity index (χ0) is 13.5. The molecular weight excluding hydrogens is 309 g/mol. The summed E-state index contributed by atoms with van der Waals surface area (Å²) in [6.45, 7) is 3.59. The number of aryl methyl sites for hydroxylation is 2. The minimum Gasteiger partial charge on any atom is -0.164 e. The van der Waals surface area contributed by atoms with Gasteiger partial charge in [-0.15, -0.1) is 10.5 Å². The van der Waals surface area contributed by atoms with Crippen molar-refractivity contribution >= 4 is 26.1 Å². The van der Waals surface area contributed by atoms with E-state index < -0.39 is 11.9 Å². The molecule has 0 saturated carbocycles. The Bertz CT molecular complexity index is 559. The number of hydrogen-bond donors (Lipinski definition) is 0. The molecular formula is C12H9BrF3N2. The van der Waals surface area contributed by atoms with Gasteiger partial charge in [-0.25, -0.2) is 0 Å². The van der Waals surface area contributed by atoms with Gasteiger partial charge in [0.15, 0.2) is 5.70 Å². The fourth-order valence-corrected chi connectivity index (χ4v) is 2.21. The summed E-state index contributed by atoms with van der Waals surface area (Å²) < 4.78 is 38.7. The number of alkyl halides is 3. The Balaban J connectivity index is 2.66. The van der Waals surface area contributed by atoms with Gasteiger partial charge in [-0.2, -0.15) is 13.2 Å². The number of benzene rings is 1. The highest BCUT2D eigenvalue weighted by Crippen LogP contribution is 2.37. The van der Waals surface area contributed by atoms with Crippen LogP contribution in [-0.4, -0.2) is 10.8 Å². The summed E-state index contributed by atoms with van der Waals surface area (Å²) in [7, 11) is 0. The third-order valence-electron chi connectivity index (χ3n) is 2.61. The molecule has 0 N–H and O–H groups in total. The second kappa shape index (κ2) is 4.42. The van der Waals surface area contributed by atoms with Crippen molar-refractivity contribution in [2.24, 2.45) is 5.10 Å². The van der Waals surface area contributed by atoms with Crippen LogP contribution < -0.4 is 5.43 Å². The van der Waals surface area contributed by atoms with Gasteiger partial charge in [0.1, 0.15) is 4.62 Å². The summed E-state index contributed by atoms with van der Waals surface area (Å²) >= 11 is 3.03. The number of hydrogen-bond acceptors (Lipinski definition) is 1. The molecule has 0 amide bonds. The van der Waals surface area contributed by atoms with E-state index in [1.165, 1.54) is 0 Å². The van der Waals surface area contributed by atoms with E-state index in [9.17, 15) is 13.2 Å². The average Bonchev–Trinajstić information content (AvgIpc) is 2.63. The topological polar surface area (TPSA) is 26.5 Å². The highest BCUT2D eigenvalue weighted by atomic mass is 79.9. The van der Waals surface area contributed by atoms with E-state index in [1.54, 1.807) is 19.1 Å². The molecule has 0 fully saturated rings. The van der Waals surface area contributed by atoms with E-state index >= 15 is 0 Å². The Morgan fingerprint density at radius 2 is 1.83 bits per heavy atom. The van der Waals surface area contributed by atoms with Gasteiger partial charge in [-0.3, -0.25) is 0 Å². The molecule has 0 unspecified atom stereocenters. The predicted molar refractivity (Wildman–Crippen MR) is 67.4 cm³/mol. The Labute approximate surface area is 111 Å². The molecule has 1 radical (unpaired) electrons. The highest BCUT2D eigenvalue weighted by Gasteiger charge is 2.42. The van der Waals surface area contributed by atoms with E-state index in [2.05, 4.69) is 26.5 Å². The zero-order valence-electron chi connectivity index (χ0n) is 9.64. The van der Waals surface area contributed by atoms with E-state index in [4.69, 9.17) is 0 Å². The van der Waals surface area contributed by atoms with Crippen LogP contribution in [0.2, 0.25) is 0 Å². The van der Waals surface area contributed by atoms with Crippen LogP contribution in [0.5, 0.6) is 0 Å². The van der Waals surface area contributed by atoms with Crippen molar-refractivity contribution in [3.05, 3.63) is 40.6 Å². The first-order chi connectivity index (χ1) is 8.30. The van der Waals surface area contributed by atoms with E-state index in [1.807, 2.05) is 13.0 Å². The molecule has 0 spiro atoms. The van der Waals surface area contributed by atoms with Crippen LogP contribution in [0.15, 0.2) is 29.0 Å². The first-order valence-electron chi connectivity index (χ1n) is 5.14. The first kappa shape index (κ1) is 13.1. The zero-order valence-corrected chi connectivity index (χ0v) is 11.2. The van der Waals surface area contributed by atoms with Crippen molar-refractivity contribution < 1.29 is 13.2 Å². The number of halogens is 4. The fraction of sp³-hybridized carbons (Fsp3) is 0.250. The molecule has 1 aromatic carbocycles. The molecule has 1 aliphatic heterocycles. The van der Waals surface area contributed by atoms with Crippen molar-refractivity contribution in [3.8, 4) is 0 Å². The summed E-state index contributed by atoms with van der Waals surface area (Å²) in [5.41, 5.74) is 4.40. The summed E-state index contributed by atoms with van der Waals surface area (Å²) in [5.74, 6) is 0. The van der Waals surface area contributed by atoms with Gasteiger partial charge in [0.25, 0.3) is 0 Å². The van der Waals surface area contributed by atoms with E-state index in [-0.39, 0.29) is 10.2 Å². The Hall–Kier alpha value is -1.30. The molecule has 2 nitrogen and oxygen atoms in total. The van der Waals surface area contributed by atoms with Crippen LogP contribution >= 0.6 is 15.9 Å². The van der Waals surface area contributed by atoms with Crippen molar-refractivity contribution in [3.63, 3.8) is 0 Å². The fourth-order valence-electron chi connectivity index (χ4n) is 1.73. The monoisotopic (exact) mass is 317 g/mol. The van der Waals surface area contributed by atoms with Gasteiger partial charge in [-0.05, 0) is 40.9 Å². The molecule has 0 bridgehead atoms. The van der Waals surface area contributed by atoms with Gasteiger partial charge >= 0.3 is 6.18 Å². The molecule has 1 aliphatic rings. The molecule has 18 heavy (non-hydrogen) atoms. The SMILES string of the molecule is Cc1ccc(C)c(C2=C(C(F)(F)F)[N]N=C2Br)c1. The second-order valence-corrected chi connectivity index (χ2v) is 4.78. The summed E-state index contributed by atoms with van der Waals surface area (Å²) in [4.78, 5) is 0. The lowest BCUT2D eigenvalue weighted by Gasteiger charge is -2.12. The minimum atomic E-state index is -4.51. The van der Waals surface area contributed by atoms with E-state index in [0.29, 0.717) is 5.56 Å². The Morgan fingerprint density at radius 1 is 1.17 bits per heavy atom. The second-order valence-electron chi connectivity index (χ2n) is 4.03. The largest absolute Gasteiger partial charge is 0.435 e. The maximum absolute atomic E-state index is 12.9. The minimum absolute atomic E-state index is 0.00343. The van der Waals surface area contributed by atoms with Gasteiger partial charge < -0.3 is 0 Å². The third kappa shape index (κ3) is 2.29. The predicted octanol–water partition coefficient (Wildman–Crippen LogP) is 3.90. The molecule has 95 valence electrons. The lowest BCUT2D eigenvalue weighted by molar-refractivity contribution is -0.0958. The lowest BCUT2D eigenvalue weighted by Crippen LogP contribution is -2.17. The molecule has 0 aromatic heterocycles. The molecule has 0 atom stereocenters. The highest BCUT2D eigenvalue weighted by molar-refractivity contribution is 9.18. The number of nitrogens with zero attached hydrogens (tertiary/aromatic N) is 2. The number of allylic oxidation sites excluding steroid dienone is 2. The quantitative estimate of drug-likeness (QED) is 0.751. The summed E-state index contributed by atoms with van der Waals surface area (Å²) in [6, 6.07) is 5.34. The van der Waals surface area contributed by atoms with Crippen LogP contribution in [0.3, 0.4) is 0 Å². The molecule has 1 aromatic rings. The molecule has 2 rings (SSSR count). The summed E-state index contributed by atoms with van der Waals surface area (Å²) in [6.07, 6.45) is -4.51. The average molecular weight is 318 g/mol. The first-order valence-corrected chi connectivity index (χ1v) is 5.93. The Morgan fingerprint density at radius 3 is 2.44 bits per heavy atom. The lowest BCUT2D eigenvalue weighted by atomic mass is 9.98. The van der Waals surface area contributed by atoms with Crippen LogP contribution in [0, 0.1) is 13.8 Å². The van der Waals surface area contributed by atoms with Crippen molar-refractivity contribution in [2.45, 2.75) is 20.0 Å². The maximum atomic E-state index is 12.9. The van der Waals surface area contributed by atoms with Crippen LogP contribution in [0.1, 0.15) is 16.7 Å². The van der Waals surface area contributed by atoms with Crippen molar-refractivity contribution in [2.75, 3.05) is 0 Å². The smallest absolute Gasteiger partial charge is 0.164 e. The Kier molecular flexibility index (Phi) is 3.23. The van der Waals surface area contributed by atoms with E-state index in [0.717, 1.165) is 11.1 Å². The van der Waals surface area contributed by atoms with Crippen molar-refractivity contribution in [1.82, 2.24) is 5.43 Å². The standard InChI is InChI=1S/C12H9BrF3N2/c1-6-3-4-7(2)8(5-6)9-10(12(14,15)16)17-18-11(9)13/h3-5H,1-2H3. The molecule has 0 aliphatic carbocycles. The van der Waals surface area contributed by atoms with Gasteiger partial charge in [0.05, 0.1) is 0 Å². The molecule has 1 heterocycles. The van der Waals surface area contributed by atoms with Gasteiger partial charge in [-0.1, -0.05) is 23.8 Å². The molecule has 6 heteroatoms. The summed E-state index contributed by atoms with van der Waals surface area (Å²) in [5, 5.41) is 3.48. The van der Waals surface area contributed by atoms with Gasteiger partial charge in [0.2, 0.25) is 0 Å².